The first kappa shape index (κ1) is 9.83. The van der Waals surface area contributed by atoms with Gasteiger partial charge in [0.25, 0.3) is 0 Å². The van der Waals surface area contributed by atoms with Gasteiger partial charge in [-0.15, -0.1) is 0 Å². The molecule has 1 heterocycles. The van der Waals surface area contributed by atoms with Crippen molar-refractivity contribution >= 4 is 32.9 Å². The third-order valence-electron chi connectivity index (χ3n) is 2.31. The van der Waals surface area contributed by atoms with Gasteiger partial charge in [0.15, 0.2) is 0 Å². The quantitative estimate of drug-likeness (QED) is 0.604. The number of aliphatic imine (C=N–C) groups is 1. The van der Waals surface area contributed by atoms with Crippen molar-refractivity contribution in [3.63, 3.8) is 0 Å². The van der Waals surface area contributed by atoms with Gasteiger partial charge >= 0.3 is 94.4 Å². The summed E-state index contributed by atoms with van der Waals surface area (Å²) < 4.78 is 3.80. The molecule has 0 bridgehead atoms. The maximum atomic E-state index is 5.78. The van der Waals surface area contributed by atoms with Crippen molar-refractivity contribution < 1.29 is 0 Å². The number of aryl methyl sites for hydroxylation is 1. The molecule has 2 radical (unpaired) electrons. The minimum atomic E-state index is -0.608. The fraction of sp³-hybridized carbons (Fsp3) is 0.300. The second-order valence-electron chi connectivity index (χ2n) is 3.50. The molecule has 4 heteroatoms. The van der Waals surface area contributed by atoms with Crippen LogP contribution >= 0.6 is 0 Å². The number of hydrogen-bond donors (Lipinski definition) is 2. The summed E-state index contributed by atoms with van der Waals surface area (Å²) in [6, 6.07) is 6.08. The predicted octanol–water partition coefficient (Wildman–Crippen LogP) is 1.22. The van der Waals surface area contributed by atoms with E-state index in [1.807, 2.05) is 13.0 Å². The van der Waals surface area contributed by atoms with Crippen molar-refractivity contribution in [2.75, 3.05) is 5.73 Å². The van der Waals surface area contributed by atoms with Gasteiger partial charge in [-0.25, -0.2) is 0 Å². The molecule has 1 aliphatic rings. The average molecular weight is 294 g/mol. The van der Waals surface area contributed by atoms with Gasteiger partial charge < -0.3 is 0 Å². The number of amidine groups is 1. The monoisotopic (exact) mass is 295 g/mol. The Bertz CT molecular complexity index is 387. The van der Waals surface area contributed by atoms with Crippen LogP contribution in [0.4, 0.5) is 5.69 Å². The Labute approximate surface area is 94.4 Å². The van der Waals surface area contributed by atoms with E-state index in [1.54, 1.807) is 0 Å². The number of hydrogen-bond acceptors (Lipinski definition) is 3. The molecule has 0 fully saturated rings. The zero-order valence-electron chi connectivity index (χ0n) is 8.33. The number of nitrogens with one attached hydrogen (secondary N) is 1. The van der Waals surface area contributed by atoms with E-state index in [0.29, 0.717) is 4.06 Å². The molecule has 3 N–H and O–H groups in total. The van der Waals surface area contributed by atoms with Crippen LogP contribution in [0.5, 0.6) is 0 Å². The Morgan fingerprint density at radius 3 is 2.86 bits per heavy atom. The molecule has 3 nitrogen and oxygen atoms in total. The van der Waals surface area contributed by atoms with E-state index in [9.17, 15) is 0 Å². The van der Waals surface area contributed by atoms with E-state index in [0.717, 1.165) is 11.5 Å². The van der Waals surface area contributed by atoms with Crippen LogP contribution in [0.25, 0.3) is 0 Å². The van der Waals surface area contributed by atoms with Crippen LogP contribution < -0.4 is 9.27 Å². The summed E-state index contributed by atoms with van der Waals surface area (Å²) in [4.78, 5) is 4.59. The first-order chi connectivity index (χ1) is 6.66. The molecule has 0 aliphatic carbocycles. The Kier molecular flexibility index (Phi) is 2.67. The van der Waals surface area contributed by atoms with Gasteiger partial charge in [-0.2, -0.15) is 0 Å². The van der Waals surface area contributed by atoms with E-state index >= 15 is 0 Å². The van der Waals surface area contributed by atoms with Gasteiger partial charge in [0.1, 0.15) is 0 Å². The van der Waals surface area contributed by atoms with Gasteiger partial charge in [0, 0.05) is 0 Å². The third-order valence-corrected chi connectivity index (χ3v) is 5.79. The SMILES string of the molecule is CC1=N[CH](c2cc(N)ccc2C)[Sn][NH]1. The van der Waals surface area contributed by atoms with Crippen LogP contribution in [0.1, 0.15) is 22.1 Å². The van der Waals surface area contributed by atoms with E-state index in [2.05, 4.69) is 27.6 Å². The molecule has 1 aliphatic heterocycles. The minimum absolute atomic E-state index is 0.405. The van der Waals surface area contributed by atoms with E-state index in [-0.39, 0.29) is 0 Å². The van der Waals surface area contributed by atoms with Crippen LogP contribution in [0, 0.1) is 6.92 Å². The van der Waals surface area contributed by atoms with Crippen molar-refractivity contribution in [2.24, 2.45) is 4.99 Å². The summed E-state index contributed by atoms with van der Waals surface area (Å²) in [6.07, 6.45) is 0. The first-order valence-electron chi connectivity index (χ1n) is 4.59. The molecule has 0 aromatic heterocycles. The molecule has 0 spiro atoms. The summed E-state index contributed by atoms with van der Waals surface area (Å²) in [5, 5.41) is 0. The Balaban J connectivity index is 2.36. The zero-order valence-corrected chi connectivity index (χ0v) is 11.2. The van der Waals surface area contributed by atoms with Gasteiger partial charge in [-0.1, -0.05) is 0 Å². The first-order valence-corrected chi connectivity index (χ1v) is 7.66. The Hall–Kier alpha value is -0.711. The topological polar surface area (TPSA) is 50.4 Å². The van der Waals surface area contributed by atoms with Crippen molar-refractivity contribution in [3.05, 3.63) is 29.3 Å². The fourth-order valence-corrected chi connectivity index (χ4v) is 4.77. The summed E-state index contributed by atoms with van der Waals surface area (Å²) in [7, 11) is 0. The number of nitrogen functional groups attached to an aromatic ring is 1. The second kappa shape index (κ2) is 3.80. The van der Waals surface area contributed by atoms with Gasteiger partial charge in [-0.05, 0) is 0 Å². The molecule has 1 unspecified atom stereocenters. The van der Waals surface area contributed by atoms with Gasteiger partial charge in [0.2, 0.25) is 0 Å². The van der Waals surface area contributed by atoms with Crippen molar-refractivity contribution in [3.8, 4) is 0 Å². The molecule has 1 atom stereocenters. The second-order valence-corrected chi connectivity index (χ2v) is 6.60. The molecular formula is C10H13N3Sn. The molecule has 2 rings (SSSR count). The summed E-state index contributed by atoms with van der Waals surface area (Å²) in [5.74, 6) is 1.09. The molecule has 0 amide bonds. The summed E-state index contributed by atoms with van der Waals surface area (Å²) in [6.45, 7) is 4.15. The van der Waals surface area contributed by atoms with E-state index in [4.69, 9.17) is 5.73 Å². The van der Waals surface area contributed by atoms with Crippen LogP contribution in [0.15, 0.2) is 23.2 Å². The van der Waals surface area contributed by atoms with E-state index in [1.165, 1.54) is 11.1 Å². The number of benzene rings is 1. The van der Waals surface area contributed by atoms with Crippen LogP contribution in [0.3, 0.4) is 0 Å². The van der Waals surface area contributed by atoms with Crippen molar-refractivity contribution in [1.29, 1.82) is 0 Å². The molecule has 1 aromatic carbocycles. The van der Waals surface area contributed by atoms with Crippen LogP contribution in [0.2, 0.25) is 0 Å². The molecule has 14 heavy (non-hydrogen) atoms. The molecule has 0 saturated heterocycles. The number of rotatable bonds is 1. The van der Waals surface area contributed by atoms with E-state index < -0.39 is 21.4 Å². The van der Waals surface area contributed by atoms with Gasteiger partial charge in [-0.3, -0.25) is 0 Å². The molecule has 0 saturated carbocycles. The third kappa shape index (κ3) is 1.87. The zero-order chi connectivity index (χ0) is 10.1. The van der Waals surface area contributed by atoms with Crippen LogP contribution in [-0.4, -0.2) is 27.3 Å². The maximum absolute atomic E-state index is 5.78. The fourth-order valence-electron chi connectivity index (χ4n) is 1.53. The van der Waals surface area contributed by atoms with Crippen molar-refractivity contribution in [1.82, 2.24) is 3.54 Å². The summed E-state index contributed by atoms with van der Waals surface area (Å²) >= 11 is -0.608. The van der Waals surface area contributed by atoms with Gasteiger partial charge in [0.05, 0.1) is 0 Å². The Morgan fingerprint density at radius 1 is 1.43 bits per heavy atom. The normalized spacial score (nSPS) is 20.4. The predicted molar refractivity (Wildman–Crippen MR) is 60.3 cm³/mol. The molecule has 1 aromatic rings. The van der Waals surface area contributed by atoms with Crippen LogP contribution in [-0.2, 0) is 0 Å². The summed E-state index contributed by atoms with van der Waals surface area (Å²) in [5.41, 5.74) is 9.22. The molecule has 72 valence electrons. The number of nitrogens with two attached hydrogens (primary N) is 1. The number of anilines is 1. The van der Waals surface area contributed by atoms with Crippen molar-refractivity contribution in [2.45, 2.75) is 17.9 Å². The standard InChI is InChI=1S/C10H13N3.Sn/c1-7-3-4-10(12)5-9(7)6-13-8(2)11;/h3-6H,12H2,1-2H3,(H-,11,13);/q-1;+1. The molecular weight excluding hydrogens is 281 g/mol. The Morgan fingerprint density at radius 2 is 2.21 bits per heavy atom. The number of nitrogens with zero attached hydrogens (tertiary/aromatic N) is 1. The average Bonchev–Trinajstić information content (AvgIpc) is 2.56.